The van der Waals surface area contributed by atoms with Gasteiger partial charge in [-0.05, 0) is 43.2 Å². The van der Waals surface area contributed by atoms with Crippen LogP contribution in [0.2, 0.25) is 10.0 Å². The molecule has 0 atom stereocenters. The summed E-state index contributed by atoms with van der Waals surface area (Å²) >= 11 is 13.8. The third-order valence-electron chi connectivity index (χ3n) is 5.36. The van der Waals surface area contributed by atoms with Gasteiger partial charge in [0.25, 0.3) is 5.89 Å². The molecule has 1 aliphatic rings. The molecule has 0 bridgehead atoms. The Morgan fingerprint density at radius 1 is 1.09 bits per heavy atom. The van der Waals surface area contributed by atoms with Gasteiger partial charge < -0.3 is 9.42 Å². The molecule has 3 aromatic rings. The highest BCUT2D eigenvalue weighted by Crippen LogP contribution is 2.32. The van der Waals surface area contributed by atoms with Crippen LogP contribution in [0.1, 0.15) is 17.8 Å². The van der Waals surface area contributed by atoms with Crippen molar-refractivity contribution in [3.8, 4) is 11.5 Å². The number of carbonyl (C=O) groups excluding carboxylic acids is 1. The maximum atomic E-state index is 12.8. The number of hydrogen-bond acceptors (Lipinski definition) is 6. The third-order valence-corrected chi connectivity index (χ3v) is 7.23. The van der Waals surface area contributed by atoms with Gasteiger partial charge in [-0.1, -0.05) is 46.6 Å². The van der Waals surface area contributed by atoms with E-state index in [0.717, 1.165) is 42.1 Å². The Hall–Kier alpha value is -2.06. The summed E-state index contributed by atoms with van der Waals surface area (Å²) in [5, 5.41) is 5.34. The molecule has 0 unspecified atom stereocenters. The number of halogens is 2. The fraction of sp³-hybridized carbons (Fsp3) is 0.348. The van der Waals surface area contributed by atoms with Crippen molar-refractivity contribution in [3.05, 3.63) is 63.9 Å². The lowest BCUT2D eigenvalue weighted by Gasteiger charge is -2.21. The van der Waals surface area contributed by atoms with Crippen molar-refractivity contribution in [1.82, 2.24) is 19.9 Å². The van der Waals surface area contributed by atoms with E-state index in [1.807, 2.05) is 48.2 Å². The van der Waals surface area contributed by atoms with E-state index >= 15 is 0 Å². The molecule has 2 aromatic carbocycles. The summed E-state index contributed by atoms with van der Waals surface area (Å²) in [6, 6.07) is 13.4. The Bertz CT molecular complexity index is 1080. The molecule has 1 amide bonds. The van der Waals surface area contributed by atoms with Crippen LogP contribution in [-0.4, -0.2) is 57.8 Å². The highest BCUT2D eigenvalue weighted by atomic mass is 35.5. The molecular formula is C23H24Cl2N4O2S. The van der Waals surface area contributed by atoms with Crippen molar-refractivity contribution in [3.63, 3.8) is 0 Å². The number of aromatic nitrogens is 2. The average Bonchev–Trinajstić information content (AvgIpc) is 3.13. The summed E-state index contributed by atoms with van der Waals surface area (Å²) in [4.78, 5) is 22.4. The van der Waals surface area contributed by atoms with Gasteiger partial charge in [0.2, 0.25) is 5.91 Å². The summed E-state index contributed by atoms with van der Waals surface area (Å²) in [6.07, 6.45) is 0.903. The average molecular weight is 491 g/mol. The molecule has 1 aromatic heterocycles. The molecule has 2 heterocycles. The number of thioether (sulfide) groups is 1. The molecule has 0 saturated carbocycles. The first-order valence-corrected chi connectivity index (χ1v) is 12.2. The Labute approximate surface area is 201 Å². The lowest BCUT2D eigenvalue weighted by Crippen LogP contribution is -2.36. The number of benzene rings is 2. The van der Waals surface area contributed by atoms with Gasteiger partial charge >= 0.3 is 0 Å². The summed E-state index contributed by atoms with van der Waals surface area (Å²) in [5.74, 6) is 1.66. The molecule has 32 heavy (non-hydrogen) atoms. The van der Waals surface area contributed by atoms with Crippen LogP contribution in [0.3, 0.4) is 0 Å². The highest BCUT2D eigenvalue weighted by Gasteiger charge is 2.21. The zero-order valence-corrected chi connectivity index (χ0v) is 20.1. The summed E-state index contributed by atoms with van der Waals surface area (Å²) in [7, 11) is 0. The first-order chi connectivity index (χ1) is 15.5. The summed E-state index contributed by atoms with van der Waals surface area (Å²) in [6.45, 7) is 5.61. The molecule has 1 saturated heterocycles. The van der Waals surface area contributed by atoms with Crippen LogP contribution in [0.15, 0.2) is 51.9 Å². The molecule has 1 fully saturated rings. The van der Waals surface area contributed by atoms with E-state index in [1.165, 1.54) is 11.8 Å². The maximum Gasteiger partial charge on any atom is 0.257 e. The van der Waals surface area contributed by atoms with Gasteiger partial charge in [-0.15, -0.1) is 11.8 Å². The van der Waals surface area contributed by atoms with E-state index in [-0.39, 0.29) is 5.91 Å². The first kappa shape index (κ1) is 23.1. The number of aryl methyl sites for hydroxylation is 1. The fourth-order valence-electron chi connectivity index (χ4n) is 3.57. The summed E-state index contributed by atoms with van der Waals surface area (Å²) < 4.78 is 5.41. The molecule has 0 aliphatic carbocycles. The van der Waals surface area contributed by atoms with Gasteiger partial charge in [-0.3, -0.25) is 9.69 Å². The van der Waals surface area contributed by atoms with Crippen molar-refractivity contribution < 1.29 is 9.32 Å². The van der Waals surface area contributed by atoms with Crippen LogP contribution < -0.4 is 0 Å². The van der Waals surface area contributed by atoms with Gasteiger partial charge in [0.15, 0.2) is 5.82 Å². The molecule has 4 rings (SSSR count). The third kappa shape index (κ3) is 5.84. The van der Waals surface area contributed by atoms with Crippen LogP contribution in [0.5, 0.6) is 0 Å². The second-order valence-electron chi connectivity index (χ2n) is 7.71. The number of nitrogens with zero attached hydrogens (tertiary/aromatic N) is 4. The normalized spacial score (nSPS) is 15.0. The minimum atomic E-state index is 0.117. The highest BCUT2D eigenvalue weighted by molar-refractivity contribution is 8.00. The second-order valence-corrected chi connectivity index (χ2v) is 9.54. The van der Waals surface area contributed by atoms with Gasteiger partial charge in [0, 0.05) is 41.7 Å². The molecule has 0 radical (unpaired) electrons. The molecule has 1 aliphatic heterocycles. The summed E-state index contributed by atoms with van der Waals surface area (Å²) in [5.41, 5.74) is 1.86. The van der Waals surface area contributed by atoms with Crippen LogP contribution in [0.4, 0.5) is 0 Å². The smallest absolute Gasteiger partial charge is 0.257 e. The van der Waals surface area contributed by atoms with Crippen LogP contribution in [0, 0.1) is 6.92 Å². The van der Waals surface area contributed by atoms with Crippen molar-refractivity contribution >= 4 is 40.9 Å². The predicted molar refractivity (Wildman–Crippen MR) is 128 cm³/mol. The van der Waals surface area contributed by atoms with Crippen molar-refractivity contribution in [2.24, 2.45) is 0 Å². The Balaban J connectivity index is 1.29. The van der Waals surface area contributed by atoms with E-state index in [1.54, 1.807) is 6.07 Å². The molecule has 168 valence electrons. The van der Waals surface area contributed by atoms with Crippen molar-refractivity contribution in [1.29, 1.82) is 0 Å². The van der Waals surface area contributed by atoms with Crippen LogP contribution in [0.25, 0.3) is 11.5 Å². The van der Waals surface area contributed by atoms with Crippen molar-refractivity contribution in [2.45, 2.75) is 24.8 Å². The Kier molecular flexibility index (Phi) is 7.73. The topological polar surface area (TPSA) is 62.5 Å². The van der Waals surface area contributed by atoms with Crippen molar-refractivity contribution in [2.75, 3.05) is 31.9 Å². The Morgan fingerprint density at radius 2 is 1.91 bits per heavy atom. The lowest BCUT2D eigenvalue weighted by atomic mass is 10.2. The minimum absolute atomic E-state index is 0.117. The minimum Gasteiger partial charge on any atom is -0.341 e. The monoisotopic (exact) mass is 490 g/mol. The number of carbonyl (C=O) groups is 1. The van der Waals surface area contributed by atoms with E-state index in [2.05, 4.69) is 15.0 Å². The number of amides is 1. The second kappa shape index (κ2) is 10.7. The van der Waals surface area contributed by atoms with Gasteiger partial charge in [0.1, 0.15) is 0 Å². The quantitative estimate of drug-likeness (QED) is 0.443. The van der Waals surface area contributed by atoms with E-state index in [0.29, 0.717) is 40.6 Å². The number of rotatable bonds is 6. The lowest BCUT2D eigenvalue weighted by molar-refractivity contribution is -0.128. The molecule has 6 nitrogen and oxygen atoms in total. The molecule has 0 spiro atoms. The first-order valence-electron chi connectivity index (χ1n) is 10.5. The number of hydrogen-bond donors (Lipinski definition) is 0. The van der Waals surface area contributed by atoms with Crippen LogP contribution in [-0.2, 0) is 11.3 Å². The van der Waals surface area contributed by atoms with Gasteiger partial charge in [0.05, 0.1) is 17.3 Å². The SMILES string of the molecule is Cc1cc(SCC(=O)N2CCCN(Cc3noc(-c4ccccc4)n3)CC2)c(Cl)cc1Cl. The molecule has 0 N–H and O–H groups in total. The van der Waals surface area contributed by atoms with Gasteiger partial charge in [-0.2, -0.15) is 4.98 Å². The van der Waals surface area contributed by atoms with E-state index in [9.17, 15) is 4.79 Å². The fourth-order valence-corrected chi connectivity index (χ4v) is 5.03. The largest absolute Gasteiger partial charge is 0.341 e. The molecular weight excluding hydrogens is 467 g/mol. The van der Waals surface area contributed by atoms with E-state index < -0.39 is 0 Å². The van der Waals surface area contributed by atoms with Gasteiger partial charge in [-0.25, -0.2) is 0 Å². The maximum absolute atomic E-state index is 12.8. The predicted octanol–water partition coefficient (Wildman–Crippen LogP) is 5.18. The van der Waals surface area contributed by atoms with Crippen LogP contribution >= 0.6 is 35.0 Å². The molecule has 9 heteroatoms. The Morgan fingerprint density at radius 3 is 2.72 bits per heavy atom. The zero-order valence-electron chi connectivity index (χ0n) is 17.8. The zero-order chi connectivity index (χ0) is 22.5. The van der Waals surface area contributed by atoms with E-state index in [4.69, 9.17) is 27.7 Å². The standard InChI is InChI=1S/C23H24Cl2N4O2S/c1-16-12-20(19(25)13-18(16)24)32-15-22(30)29-9-5-8-28(10-11-29)14-21-26-23(31-27-21)17-6-3-2-4-7-17/h2-4,6-7,12-13H,5,8-11,14-15H2,1H3.